The van der Waals surface area contributed by atoms with E-state index in [1.807, 2.05) is 0 Å². The lowest BCUT2D eigenvalue weighted by molar-refractivity contribution is -0.161. The van der Waals surface area contributed by atoms with Crippen LogP contribution in [0.25, 0.3) is 0 Å². The second kappa shape index (κ2) is 6.49. The van der Waals surface area contributed by atoms with Crippen LogP contribution in [0.15, 0.2) is 24.3 Å². The van der Waals surface area contributed by atoms with E-state index in [0.29, 0.717) is 10.8 Å². The Labute approximate surface area is 198 Å². The zero-order valence-corrected chi connectivity index (χ0v) is 20.8. The molecule has 1 aromatic rings. The first-order valence-corrected chi connectivity index (χ1v) is 14.1. The van der Waals surface area contributed by atoms with E-state index >= 15 is 0 Å². The highest BCUT2D eigenvalue weighted by Gasteiger charge is 2.68. The standard InChI is InChI=1S/C31H43B/c1-28(2,3)26-5-4-6-27(13-26)31(32,29-14-20-7-21(15-29)9-22(8-20)16-29)30-17-23-10-24(18-30)12-25(11-23)19-30/h4-6,13,20-25H,7-12,14-19H2,1-3H3. The first kappa shape index (κ1) is 20.6. The molecule has 0 saturated heterocycles. The van der Waals surface area contributed by atoms with Gasteiger partial charge in [0.25, 0.3) is 0 Å². The molecular weight excluding hydrogens is 383 g/mol. The molecule has 0 nitrogen and oxygen atoms in total. The molecule has 170 valence electrons. The van der Waals surface area contributed by atoms with Gasteiger partial charge in [-0.1, -0.05) is 45.0 Å². The number of benzene rings is 1. The first-order valence-electron chi connectivity index (χ1n) is 14.1. The smallest absolute Gasteiger partial charge is 0.0617 e. The maximum absolute atomic E-state index is 8.23. The maximum Gasteiger partial charge on any atom is 0.0825 e. The Morgan fingerprint density at radius 3 is 1.31 bits per heavy atom. The second-order valence-electron chi connectivity index (χ2n) is 15.0. The fraction of sp³-hybridized carbons (Fsp3) is 0.806. The van der Waals surface area contributed by atoms with Crippen molar-refractivity contribution >= 4 is 7.85 Å². The molecule has 32 heavy (non-hydrogen) atoms. The monoisotopic (exact) mass is 426 g/mol. The van der Waals surface area contributed by atoms with E-state index in [1.165, 1.54) is 88.2 Å². The van der Waals surface area contributed by atoms with Gasteiger partial charge in [0.15, 0.2) is 0 Å². The van der Waals surface area contributed by atoms with Crippen LogP contribution in [0, 0.1) is 46.3 Å². The summed E-state index contributed by atoms with van der Waals surface area (Å²) in [5, 5.41) is -0.132. The van der Waals surface area contributed by atoms with Crippen LogP contribution in [0.5, 0.6) is 0 Å². The average Bonchev–Trinajstić information content (AvgIpc) is 2.70. The highest BCUT2D eigenvalue weighted by atomic mass is 14.7. The first-order chi connectivity index (χ1) is 15.2. The number of rotatable bonds is 3. The van der Waals surface area contributed by atoms with Crippen LogP contribution in [-0.2, 0) is 10.7 Å². The predicted molar refractivity (Wildman–Crippen MR) is 134 cm³/mol. The molecule has 0 spiro atoms. The lowest BCUT2D eigenvalue weighted by Crippen LogP contribution is -2.67. The fourth-order valence-corrected chi connectivity index (χ4v) is 11.6. The average molecular weight is 426 g/mol. The highest BCUT2D eigenvalue weighted by molar-refractivity contribution is 6.17. The van der Waals surface area contributed by atoms with E-state index in [-0.39, 0.29) is 10.7 Å². The van der Waals surface area contributed by atoms with E-state index in [2.05, 4.69) is 45.0 Å². The van der Waals surface area contributed by atoms with Gasteiger partial charge in [-0.3, -0.25) is 0 Å². The van der Waals surface area contributed by atoms with E-state index in [4.69, 9.17) is 7.85 Å². The summed E-state index contributed by atoms with van der Waals surface area (Å²) in [4.78, 5) is 0. The van der Waals surface area contributed by atoms with Crippen molar-refractivity contribution in [1.29, 1.82) is 0 Å². The minimum atomic E-state index is -0.132. The van der Waals surface area contributed by atoms with Crippen molar-refractivity contribution in [3.63, 3.8) is 0 Å². The van der Waals surface area contributed by atoms with Crippen LogP contribution >= 0.6 is 0 Å². The fourth-order valence-electron chi connectivity index (χ4n) is 11.6. The van der Waals surface area contributed by atoms with Crippen LogP contribution in [0.4, 0.5) is 0 Å². The summed E-state index contributed by atoms with van der Waals surface area (Å²) in [6.45, 7) is 7.12. The Balaban J connectivity index is 1.43. The van der Waals surface area contributed by atoms with Gasteiger partial charge in [-0.15, -0.1) is 0 Å². The summed E-state index contributed by atoms with van der Waals surface area (Å²) in [7, 11) is 8.23. The van der Waals surface area contributed by atoms with E-state index < -0.39 is 0 Å². The molecule has 0 atom stereocenters. The van der Waals surface area contributed by atoms with Crippen LogP contribution in [0.3, 0.4) is 0 Å². The quantitative estimate of drug-likeness (QED) is 0.433. The van der Waals surface area contributed by atoms with Crippen molar-refractivity contribution in [1.82, 2.24) is 0 Å². The van der Waals surface area contributed by atoms with Gasteiger partial charge in [-0.25, -0.2) is 0 Å². The normalized spacial score (nSPS) is 48.2. The van der Waals surface area contributed by atoms with Crippen molar-refractivity contribution < 1.29 is 0 Å². The Hall–Kier alpha value is -0.715. The molecule has 2 radical (unpaired) electrons. The molecule has 0 unspecified atom stereocenters. The van der Waals surface area contributed by atoms with E-state index in [0.717, 1.165) is 35.5 Å². The predicted octanol–water partition coefficient (Wildman–Crippen LogP) is 7.78. The number of hydrogen-bond acceptors (Lipinski definition) is 0. The maximum atomic E-state index is 8.23. The van der Waals surface area contributed by atoms with Gasteiger partial charge in [0.05, 0.1) is 7.85 Å². The van der Waals surface area contributed by atoms with Gasteiger partial charge in [-0.2, -0.15) is 0 Å². The zero-order chi connectivity index (χ0) is 21.9. The van der Waals surface area contributed by atoms with E-state index in [1.54, 1.807) is 0 Å². The Morgan fingerprint density at radius 1 is 0.625 bits per heavy atom. The summed E-state index contributed by atoms with van der Waals surface area (Å²) in [5.41, 5.74) is 3.90. The molecule has 0 N–H and O–H groups in total. The molecule has 1 heteroatoms. The van der Waals surface area contributed by atoms with Crippen LogP contribution in [0.1, 0.15) is 109 Å². The summed E-state index contributed by atoms with van der Waals surface area (Å²) < 4.78 is 0. The van der Waals surface area contributed by atoms with Gasteiger partial charge >= 0.3 is 0 Å². The minimum Gasteiger partial charge on any atom is -0.0617 e. The van der Waals surface area contributed by atoms with E-state index in [9.17, 15) is 0 Å². The SMILES string of the molecule is [B]C(c1cccc(C(C)(C)C)c1)(C12CC3CC(CC(C3)C1)C2)C12CC3CC(CC(C3)C1)C2. The van der Waals surface area contributed by atoms with Gasteiger partial charge < -0.3 is 0 Å². The third-order valence-corrected chi connectivity index (χ3v) is 11.9. The molecule has 0 aliphatic heterocycles. The number of hydrogen-bond donors (Lipinski definition) is 0. The molecule has 8 aliphatic carbocycles. The molecule has 0 amide bonds. The van der Waals surface area contributed by atoms with Crippen LogP contribution < -0.4 is 0 Å². The molecule has 8 fully saturated rings. The molecule has 0 heterocycles. The summed E-state index contributed by atoms with van der Waals surface area (Å²) >= 11 is 0. The molecule has 9 rings (SSSR count). The molecule has 8 bridgehead atoms. The third-order valence-electron chi connectivity index (χ3n) is 11.9. The topological polar surface area (TPSA) is 0 Å². The molecule has 1 aromatic carbocycles. The largest absolute Gasteiger partial charge is 0.0825 e. The van der Waals surface area contributed by atoms with Crippen molar-refractivity contribution in [2.45, 2.75) is 109 Å². The third kappa shape index (κ3) is 2.69. The lowest BCUT2D eigenvalue weighted by Gasteiger charge is -2.72. The lowest BCUT2D eigenvalue weighted by atomic mass is 9.27. The van der Waals surface area contributed by atoms with Gasteiger partial charge in [-0.05, 0) is 145 Å². The van der Waals surface area contributed by atoms with Gasteiger partial charge in [0.1, 0.15) is 0 Å². The molecule has 8 aliphatic rings. The Bertz CT molecular complexity index is 802. The van der Waals surface area contributed by atoms with Gasteiger partial charge in [0.2, 0.25) is 0 Å². The summed E-state index contributed by atoms with van der Waals surface area (Å²) in [5.74, 6) is 5.77. The minimum absolute atomic E-state index is 0.132. The van der Waals surface area contributed by atoms with Gasteiger partial charge in [0, 0.05) is 0 Å². The highest BCUT2D eigenvalue weighted by Crippen LogP contribution is 2.75. The zero-order valence-electron chi connectivity index (χ0n) is 20.8. The van der Waals surface area contributed by atoms with Crippen LogP contribution in [0.2, 0.25) is 0 Å². The molecule has 0 aromatic heterocycles. The Kier molecular flexibility index (Phi) is 4.18. The molecule has 8 saturated carbocycles. The second-order valence-corrected chi connectivity index (χ2v) is 15.0. The summed E-state index contributed by atoms with van der Waals surface area (Å²) in [6.07, 6.45) is 17.6. The van der Waals surface area contributed by atoms with Crippen molar-refractivity contribution in [2.75, 3.05) is 0 Å². The Morgan fingerprint density at radius 2 is 0.969 bits per heavy atom. The van der Waals surface area contributed by atoms with Crippen LogP contribution in [-0.4, -0.2) is 7.85 Å². The van der Waals surface area contributed by atoms with Crippen molar-refractivity contribution in [3.8, 4) is 0 Å². The van der Waals surface area contributed by atoms with Crippen molar-refractivity contribution in [3.05, 3.63) is 35.4 Å². The molecular formula is C31H43B. The summed E-state index contributed by atoms with van der Waals surface area (Å²) in [6, 6.07) is 9.80. The van der Waals surface area contributed by atoms with Crippen molar-refractivity contribution in [2.24, 2.45) is 46.3 Å².